The van der Waals surface area contributed by atoms with Crippen LogP contribution in [-0.4, -0.2) is 11.2 Å². The van der Waals surface area contributed by atoms with E-state index in [2.05, 4.69) is 39.5 Å². The summed E-state index contributed by atoms with van der Waals surface area (Å²) in [5.41, 5.74) is 1.42. The van der Waals surface area contributed by atoms with Gasteiger partial charge in [0.15, 0.2) is 5.69 Å². The van der Waals surface area contributed by atoms with Crippen LogP contribution >= 0.6 is 0 Å². The zero-order valence-electron chi connectivity index (χ0n) is 18.9. The highest BCUT2D eigenvalue weighted by molar-refractivity contribution is 5.79. The molecule has 0 saturated heterocycles. The molecule has 168 valence electrons. The van der Waals surface area contributed by atoms with E-state index in [0.717, 1.165) is 44.9 Å². The van der Waals surface area contributed by atoms with Crippen LogP contribution in [-0.2, 0) is 4.79 Å². The maximum Gasteiger partial charge on any atom is 0.317 e. The molecule has 31 heavy (non-hydrogen) atoms. The quantitative estimate of drug-likeness (QED) is 0.303. The third-order valence-corrected chi connectivity index (χ3v) is 8.67. The van der Waals surface area contributed by atoms with Crippen LogP contribution in [0.25, 0.3) is 0 Å². The van der Waals surface area contributed by atoms with Gasteiger partial charge in [-0.1, -0.05) is 38.0 Å². The summed E-state index contributed by atoms with van der Waals surface area (Å²) in [7, 11) is 0. The van der Waals surface area contributed by atoms with Gasteiger partial charge in [0.2, 0.25) is 0 Å². The van der Waals surface area contributed by atoms with Crippen LogP contribution < -0.4 is 9.96 Å². The second-order valence-corrected chi connectivity index (χ2v) is 10.6. The average molecular weight is 426 g/mol. The number of nitrogens with one attached hydrogen (secondary N) is 1. The van der Waals surface area contributed by atoms with E-state index in [-0.39, 0.29) is 28.4 Å². The fourth-order valence-corrected chi connectivity index (χ4v) is 6.82. The van der Waals surface area contributed by atoms with E-state index in [1.54, 1.807) is 17.7 Å². The normalized spacial score (nSPS) is 38.3. The summed E-state index contributed by atoms with van der Waals surface area (Å²) in [4.78, 5) is 13.4. The molecule has 6 atom stereocenters. The number of benzene rings is 1. The molecule has 2 N–H and O–H groups in total. The molecule has 0 heterocycles. The lowest BCUT2D eigenvalue weighted by atomic mass is 9.45. The molecule has 5 nitrogen and oxygen atoms in total. The number of rotatable bonds is 4. The third-order valence-electron chi connectivity index (χ3n) is 8.67. The fourth-order valence-electron chi connectivity index (χ4n) is 6.82. The van der Waals surface area contributed by atoms with Crippen LogP contribution in [0.2, 0.25) is 0 Å². The Morgan fingerprint density at radius 2 is 1.90 bits per heavy atom. The van der Waals surface area contributed by atoms with Crippen LogP contribution in [0.3, 0.4) is 0 Å². The number of ether oxygens (including phenoxy) is 1. The van der Waals surface area contributed by atoms with Gasteiger partial charge in [0.25, 0.3) is 0 Å². The summed E-state index contributed by atoms with van der Waals surface area (Å²) in [6.45, 7) is 10.8. The van der Waals surface area contributed by atoms with Crippen LogP contribution in [0.15, 0.2) is 48.6 Å². The lowest BCUT2D eigenvalue weighted by Crippen LogP contribution is -2.99. The lowest BCUT2D eigenvalue weighted by Gasteiger charge is -2.59. The van der Waals surface area contributed by atoms with E-state index >= 15 is 0 Å². The van der Waals surface area contributed by atoms with Crippen LogP contribution in [0.4, 0.5) is 5.69 Å². The van der Waals surface area contributed by atoms with Gasteiger partial charge in [0.05, 0.1) is 5.41 Å². The molecule has 3 aliphatic rings. The number of esters is 1. The SMILES string of the molecule is C=CC1(C)C=C2CCC3C(C)(C(=O)Oc4ccc([NH+]([O-])O)cc4)CCCC3(C)C2CC1. The zero-order chi connectivity index (χ0) is 22.4. The standard InChI is InChI=1S/C26H35NO4/c1-5-24(2)16-13-21-18(17-24)7-12-22-25(21,3)14-6-15-26(22,4)23(28)31-20-10-8-19(9-11-20)27(29)30/h5,8-11,17,21-22,27,29H,1,6-7,12-16H2,2-4H3. The van der Waals surface area contributed by atoms with Crippen molar-refractivity contribution in [3.05, 3.63) is 53.8 Å². The number of allylic oxidation sites excluding steroid dienone is 3. The van der Waals surface area contributed by atoms with Gasteiger partial charge in [0.1, 0.15) is 5.75 Å². The highest BCUT2D eigenvalue weighted by Gasteiger charge is 2.58. The van der Waals surface area contributed by atoms with E-state index in [1.807, 2.05) is 0 Å². The van der Waals surface area contributed by atoms with Crippen LogP contribution in [0.1, 0.15) is 65.7 Å². The molecule has 1 aromatic rings. The summed E-state index contributed by atoms with van der Waals surface area (Å²) in [5, 5.41) is 19.2. The number of fused-ring (bicyclic) bond motifs is 3. The van der Waals surface area contributed by atoms with Gasteiger partial charge in [-0.2, -0.15) is 5.23 Å². The molecule has 6 unspecified atom stereocenters. The smallest absolute Gasteiger partial charge is 0.317 e. The molecule has 0 bridgehead atoms. The number of quaternary nitrogens is 1. The topological polar surface area (TPSA) is 74.0 Å². The van der Waals surface area contributed by atoms with Gasteiger partial charge in [-0.05, 0) is 74.8 Å². The number of hydrogen-bond acceptors (Lipinski definition) is 4. The Bertz CT molecular complexity index is 891. The molecule has 2 fully saturated rings. The van der Waals surface area contributed by atoms with Crippen molar-refractivity contribution in [3.63, 3.8) is 0 Å². The summed E-state index contributed by atoms with van der Waals surface area (Å²) >= 11 is 0. The minimum Gasteiger partial charge on any atom is -0.595 e. The van der Waals surface area contributed by atoms with Crippen molar-refractivity contribution in [2.24, 2.45) is 28.1 Å². The van der Waals surface area contributed by atoms with E-state index in [0.29, 0.717) is 11.7 Å². The van der Waals surface area contributed by atoms with Gasteiger partial charge in [-0.25, -0.2) is 5.21 Å². The second-order valence-electron chi connectivity index (χ2n) is 10.6. The maximum absolute atomic E-state index is 13.4. The van der Waals surface area contributed by atoms with E-state index in [4.69, 9.17) is 9.94 Å². The van der Waals surface area contributed by atoms with Crippen molar-refractivity contribution < 1.29 is 20.0 Å². The van der Waals surface area contributed by atoms with Gasteiger partial charge in [0, 0.05) is 17.5 Å². The molecular formula is C26H35NO4. The van der Waals surface area contributed by atoms with Gasteiger partial charge in [-0.15, -0.1) is 6.58 Å². The van der Waals surface area contributed by atoms with Crippen molar-refractivity contribution >= 4 is 11.7 Å². The molecule has 0 radical (unpaired) electrons. The molecule has 5 heteroatoms. The number of carbonyl (C=O) groups excluding carboxylic acids is 1. The highest BCUT2D eigenvalue weighted by atomic mass is 16.8. The van der Waals surface area contributed by atoms with E-state index in [9.17, 15) is 10.0 Å². The Morgan fingerprint density at radius 1 is 1.19 bits per heavy atom. The minimum absolute atomic E-state index is 0.0913. The summed E-state index contributed by atoms with van der Waals surface area (Å²) in [6, 6.07) is 6.11. The second kappa shape index (κ2) is 7.88. The first-order valence-electron chi connectivity index (χ1n) is 11.5. The first-order chi connectivity index (χ1) is 14.6. The van der Waals surface area contributed by atoms with E-state index < -0.39 is 10.6 Å². The zero-order valence-corrected chi connectivity index (χ0v) is 18.9. The molecule has 3 aliphatic carbocycles. The molecule has 0 amide bonds. The molecule has 0 spiro atoms. The number of hydrogen-bond donors (Lipinski definition) is 2. The van der Waals surface area contributed by atoms with Gasteiger partial charge in [-0.3, -0.25) is 4.79 Å². The predicted molar refractivity (Wildman–Crippen MR) is 120 cm³/mol. The van der Waals surface area contributed by atoms with E-state index in [1.165, 1.54) is 12.1 Å². The maximum atomic E-state index is 13.4. The van der Waals surface area contributed by atoms with Crippen LogP contribution in [0, 0.1) is 33.3 Å². The van der Waals surface area contributed by atoms with Gasteiger partial charge >= 0.3 is 5.97 Å². The Hall–Kier alpha value is -1.95. The minimum atomic E-state index is -0.987. The van der Waals surface area contributed by atoms with Crippen molar-refractivity contribution in [2.45, 2.75) is 65.7 Å². The molecule has 0 aromatic heterocycles. The first kappa shape index (κ1) is 22.3. The Labute approximate surface area is 185 Å². The third kappa shape index (κ3) is 3.77. The highest BCUT2D eigenvalue weighted by Crippen LogP contribution is 2.64. The van der Waals surface area contributed by atoms with Crippen LogP contribution in [0.5, 0.6) is 5.75 Å². The van der Waals surface area contributed by atoms with Crippen molar-refractivity contribution in [1.82, 2.24) is 0 Å². The Balaban J connectivity index is 1.58. The molecular weight excluding hydrogens is 390 g/mol. The Morgan fingerprint density at radius 3 is 2.55 bits per heavy atom. The number of carbonyl (C=O) groups is 1. The lowest BCUT2D eigenvalue weighted by molar-refractivity contribution is -0.991. The summed E-state index contributed by atoms with van der Waals surface area (Å²) < 4.78 is 5.81. The van der Waals surface area contributed by atoms with Crippen molar-refractivity contribution in [1.29, 1.82) is 0 Å². The molecule has 2 saturated carbocycles. The molecule has 4 rings (SSSR count). The van der Waals surface area contributed by atoms with Crippen molar-refractivity contribution in [2.75, 3.05) is 0 Å². The molecule has 1 aromatic carbocycles. The van der Waals surface area contributed by atoms with Gasteiger partial charge < -0.3 is 9.94 Å². The largest absolute Gasteiger partial charge is 0.595 e. The fraction of sp³-hybridized carbons (Fsp3) is 0.577. The summed E-state index contributed by atoms with van der Waals surface area (Å²) in [5.74, 6) is 1.06. The summed E-state index contributed by atoms with van der Waals surface area (Å²) in [6.07, 6.45) is 11.9. The first-order valence-corrected chi connectivity index (χ1v) is 11.5. The monoisotopic (exact) mass is 425 g/mol. The van der Waals surface area contributed by atoms with Crippen molar-refractivity contribution in [3.8, 4) is 5.75 Å². The molecule has 0 aliphatic heterocycles. The average Bonchev–Trinajstić information content (AvgIpc) is 2.73. The Kier molecular flexibility index (Phi) is 5.65. The predicted octanol–water partition coefficient (Wildman–Crippen LogP) is 5.13.